The molecule has 20 heavy (non-hydrogen) atoms. The zero-order valence-corrected chi connectivity index (χ0v) is 13.1. The number of carbonyl (C=O) groups is 1. The van der Waals surface area contributed by atoms with Crippen LogP contribution in [0.2, 0.25) is 0 Å². The molecule has 3 nitrogen and oxygen atoms in total. The van der Waals surface area contributed by atoms with Crippen molar-refractivity contribution in [3.05, 3.63) is 57.5 Å². The van der Waals surface area contributed by atoms with Gasteiger partial charge in [0, 0.05) is 20.9 Å². The molecule has 5 heteroatoms. The number of hydrogen-bond acceptors (Lipinski definition) is 3. The van der Waals surface area contributed by atoms with Crippen LogP contribution in [0.5, 0.6) is 0 Å². The van der Waals surface area contributed by atoms with Crippen LogP contribution in [0.3, 0.4) is 0 Å². The second kappa shape index (κ2) is 5.34. The molecule has 1 amide bonds. The Balaban J connectivity index is 2.01. The largest absolute Gasteiger partial charge is 0.313 e. The Hall–Kier alpha value is -1.72. The molecule has 2 aromatic heterocycles. The zero-order valence-electron chi connectivity index (χ0n) is 10.7. The number of benzene rings is 1. The summed E-state index contributed by atoms with van der Waals surface area (Å²) >= 11 is 4.86. The normalized spacial score (nSPS) is 10.7. The molecular formula is C15H11BrN2OS. The fourth-order valence-corrected chi connectivity index (χ4v) is 3.30. The number of halogens is 1. The van der Waals surface area contributed by atoms with Gasteiger partial charge in [0.2, 0.25) is 0 Å². The lowest BCUT2D eigenvalue weighted by atomic mass is 10.1. The molecule has 0 radical (unpaired) electrons. The maximum absolute atomic E-state index is 12.4. The first-order chi connectivity index (χ1) is 9.63. The molecule has 2 heterocycles. The van der Waals surface area contributed by atoms with E-state index < -0.39 is 0 Å². The number of aromatic nitrogens is 1. The fourth-order valence-electron chi connectivity index (χ4n) is 1.99. The summed E-state index contributed by atoms with van der Waals surface area (Å²) < 4.78 is 0.963. The van der Waals surface area contributed by atoms with Gasteiger partial charge in [0.25, 0.3) is 5.91 Å². The van der Waals surface area contributed by atoms with Gasteiger partial charge in [-0.15, -0.1) is 11.3 Å². The van der Waals surface area contributed by atoms with Crippen molar-refractivity contribution in [1.29, 1.82) is 0 Å². The average molecular weight is 347 g/mol. The topological polar surface area (TPSA) is 42.0 Å². The maximum atomic E-state index is 12.4. The number of pyridine rings is 1. The van der Waals surface area contributed by atoms with E-state index in [1.807, 2.05) is 42.6 Å². The second-order valence-corrected chi connectivity index (χ2v) is 6.24. The van der Waals surface area contributed by atoms with Crippen molar-refractivity contribution in [3.63, 3.8) is 0 Å². The molecule has 1 aromatic carbocycles. The van der Waals surface area contributed by atoms with Gasteiger partial charge in [-0.05, 0) is 41.1 Å². The summed E-state index contributed by atoms with van der Waals surface area (Å²) in [6, 6.07) is 11.4. The number of fused-ring (bicyclic) bond motifs is 1. The lowest BCUT2D eigenvalue weighted by molar-refractivity contribution is 0.102. The number of para-hydroxylation sites is 1. The van der Waals surface area contributed by atoms with Gasteiger partial charge < -0.3 is 5.32 Å². The van der Waals surface area contributed by atoms with Crippen molar-refractivity contribution < 1.29 is 4.79 Å². The molecule has 0 aliphatic heterocycles. The average Bonchev–Trinajstić information content (AvgIpc) is 2.83. The van der Waals surface area contributed by atoms with Crippen molar-refractivity contribution in [1.82, 2.24) is 4.98 Å². The predicted molar refractivity (Wildman–Crippen MR) is 86.5 cm³/mol. The SMILES string of the molecule is Cc1ccc2cccc(C(=O)Nc3cc(Br)cs3)c2n1. The van der Waals surface area contributed by atoms with Crippen LogP contribution < -0.4 is 5.32 Å². The first-order valence-electron chi connectivity index (χ1n) is 6.05. The second-order valence-electron chi connectivity index (χ2n) is 4.41. The van der Waals surface area contributed by atoms with Gasteiger partial charge in [-0.3, -0.25) is 9.78 Å². The van der Waals surface area contributed by atoms with E-state index in [2.05, 4.69) is 26.2 Å². The minimum absolute atomic E-state index is 0.136. The molecule has 0 aliphatic carbocycles. The van der Waals surface area contributed by atoms with E-state index in [4.69, 9.17) is 0 Å². The number of carbonyl (C=O) groups excluding carboxylic acids is 1. The number of thiophene rings is 1. The quantitative estimate of drug-likeness (QED) is 0.735. The van der Waals surface area contributed by atoms with Gasteiger partial charge in [0.15, 0.2) is 0 Å². The van der Waals surface area contributed by atoms with E-state index in [0.29, 0.717) is 5.56 Å². The van der Waals surface area contributed by atoms with Crippen molar-refractivity contribution in [2.24, 2.45) is 0 Å². The summed E-state index contributed by atoms with van der Waals surface area (Å²) in [5.41, 5.74) is 2.23. The third kappa shape index (κ3) is 2.59. The Labute approximate surface area is 128 Å². The van der Waals surface area contributed by atoms with Gasteiger partial charge in [0.05, 0.1) is 16.1 Å². The van der Waals surface area contributed by atoms with E-state index in [1.54, 1.807) is 6.07 Å². The van der Waals surface area contributed by atoms with E-state index in [1.165, 1.54) is 11.3 Å². The highest BCUT2D eigenvalue weighted by Crippen LogP contribution is 2.26. The molecule has 3 rings (SSSR count). The summed E-state index contributed by atoms with van der Waals surface area (Å²) in [7, 11) is 0. The highest BCUT2D eigenvalue weighted by molar-refractivity contribution is 9.10. The number of rotatable bonds is 2. The summed E-state index contributed by atoms with van der Waals surface area (Å²) in [5.74, 6) is -0.136. The maximum Gasteiger partial charge on any atom is 0.258 e. The monoisotopic (exact) mass is 346 g/mol. The fraction of sp³-hybridized carbons (Fsp3) is 0.0667. The number of aryl methyl sites for hydroxylation is 1. The number of hydrogen-bond donors (Lipinski definition) is 1. The Morgan fingerprint density at radius 3 is 2.90 bits per heavy atom. The Morgan fingerprint density at radius 1 is 1.30 bits per heavy atom. The van der Waals surface area contributed by atoms with Crippen LogP contribution in [0.4, 0.5) is 5.00 Å². The van der Waals surface area contributed by atoms with Gasteiger partial charge in [-0.1, -0.05) is 18.2 Å². The molecular weight excluding hydrogens is 336 g/mol. The van der Waals surface area contributed by atoms with Crippen LogP contribution in [-0.2, 0) is 0 Å². The molecule has 0 spiro atoms. The summed E-state index contributed by atoms with van der Waals surface area (Å²) in [6.45, 7) is 1.92. The van der Waals surface area contributed by atoms with Crippen molar-refractivity contribution in [3.8, 4) is 0 Å². The third-order valence-electron chi connectivity index (χ3n) is 2.91. The highest BCUT2D eigenvalue weighted by Gasteiger charge is 2.12. The molecule has 100 valence electrons. The van der Waals surface area contributed by atoms with Crippen LogP contribution in [0.1, 0.15) is 16.1 Å². The smallest absolute Gasteiger partial charge is 0.258 e. The van der Waals surface area contributed by atoms with Crippen LogP contribution in [-0.4, -0.2) is 10.9 Å². The standard InChI is InChI=1S/C15H11BrN2OS/c1-9-5-6-10-3-2-4-12(14(10)17-9)15(19)18-13-7-11(16)8-20-13/h2-8H,1H3,(H,18,19). The molecule has 0 saturated heterocycles. The van der Waals surface area contributed by atoms with Crippen LogP contribution in [0.25, 0.3) is 10.9 Å². The number of amides is 1. The van der Waals surface area contributed by atoms with Gasteiger partial charge in [-0.25, -0.2) is 0 Å². The third-order valence-corrected chi connectivity index (χ3v) is 4.51. The molecule has 0 bridgehead atoms. The van der Waals surface area contributed by atoms with Crippen molar-refractivity contribution in [2.75, 3.05) is 5.32 Å². The van der Waals surface area contributed by atoms with Crippen LogP contribution in [0.15, 0.2) is 46.3 Å². The van der Waals surface area contributed by atoms with Gasteiger partial charge in [0.1, 0.15) is 0 Å². The van der Waals surface area contributed by atoms with Crippen LogP contribution >= 0.6 is 27.3 Å². The zero-order chi connectivity index (χ0) is 14.1. The molecule has 1 N–H and O–H groups in total. The minimum Gasteiger partial charge on any atom is -0.313 e. The van der Waals surface area contributed by atoms with Crippen LogP contribution in [0, 0.1) is 6.92 Å². The first-order valence-corrected chi connectivity index (χ1v) is 7.72. The summed E-state index contributed by atoms with van der Waals surface area (Å²) in [6.07, 6.45) is 0. The molecule has 0 unspecified atom stereocenters. The first kappa shape index (κ1) is 13.3. The number of anilines is 1. The van der Waals surface area contributed by atoms with E-state index >= 15 is 0 Å². The summed E-state index contributed by atoms with van der Waals surface area (Å²) in [4.78, 5) is 16.9. The Morgan fingerprint density at radius 2 is 2.15 bits per heavy atom. The predicted octanol–water partition coefficient (Wildman–Crippen LogP) is 4.62. The highest BCUT2D eigenvalue weighted by atomic mass is 79.9. The summed E-state index contributed by atoms with van der Waals surface area (Å²) in [5, 5.41) is 6.61. The molecule has 0 saturated carbocycles. The lowest BCUT2D eigenvalue weighted by Crippen LogP contribution is -2.12. The molecule has 0 atom stereocenters. The van der Waals surface area contributed by atoms with E-state index in [-0.39, 0.29) is 5.91 Å². The molecule has 3 aromatic rings. The van der Waals surface area contributed by atoms with Crippen molar-refractivity contribution in [2.45, 2.75) is 6.92 Å². The van der Waals surface area contributed by atoms with E-state index in [0.717, 1.165) is 26.1 Å². The number of nitrogens with zero attached hydrogens (tertiary/aromatic N) is 1. The molecule has 0 fully saturated rings. The van der Waals surface area contributed by atoms with Gasteiger partial charge in [-0.2, -0.15) is 0 Å². The Kier molecular flexibility index (Phi) is 3.54. The Bertz CT molecular complexity index is 797. The number of nitrogens with one attached hydrogen (secondary N) is 1. The van der Waals surface area contributed by atoms with E-state index in [9.17, 15) is 4.79 Å². The van der Waals surface area contributed by atoms with Crippen molar-refractivity contribution >= 4 is 49.1 Å². The van der Waals surface area contributed by atoms with Gasteiger partial charge >= 0.3 is 0 Å². The molecule has 0 aliphatic rings. The minimum atomic E-state index is -0.136. The lowest BCUT2D eigenvalue weighted by Gasteiger charge is -2.06.